The van der Waals surface area contributed by atoms with Gasteiger partial charge in [-0.05, 0) is 92.6 Å². The summed E-state index contributed by atoms with van der Waals surface area (Å²) in [5, 5.41) is 9.45. The summed E-state index contributed by atoms with van der Waals surface area (Å²) < 4.78 is 21.6. The van der Waals surface area contributed by atoms with E-state index < -0.39 is 23.7 Å². The fraction of sp³-hybridized carbons (Fsp3) is 0.704. The van der Waals surface area contributed by atoms with Gasteiger partial charge >= 0.3 is 5.97 Å². The zero-order valence-electron chi connectivity index (χ0n) is 19.4. The maximum Gasteiger partial charge on any atom is 0.326 e. The molecule has 1 amide bonds. The van der Waals surface area contributed by atoms with Gasteiger partial charge in [0, 0.05) is 18.0 Å². The fourth-order valence-corrected chi connectivity index (χ4v) is 7.74. The van der Waals surface area contributed by atoms with Gasteiger partial charge in [-0.2, -0.15) is 0 Å². The lowest BCUT2D eigenvalue weighted by Crippen LogP contribution is -2.58. The predicted molar refractivity (Wildman–Crippen MR) is 121 cm³/mol. The number of benzene rings is 1. The Labute approximate surface area is 194 Å². The number of ether oxygens (including phenoxy) is 1. The first-order chi connectivity index (χ1) is 15.8. The zero-order chi connectivity index (χ0) is 22.9. The van der Waals surface area contributed by atoms with Crippen LogP contribution in [0.15, 0.2) is 12.1 Å². The summed E-state index contributed by atoms with van der Waals surface area (Å²) in [6.07, 6.45) is 9.37. The van der Waals surface area contributed by atoms with Crippen molar-refractivity contribution in [3.8, 4) is 5.75 Å². The number of carboxylic acids is 1. The Bertz CT molecular complexity index is 973. The summed E-state index contributed by atoms with van der Waals surface area (Å²) in [6.45, 7) is 3.28. The van der Waals surface area contributed by atoms with Crippen LogP contribution in [0, 0.1) is 34.9 Å². The summed E-state index contributed by atoms with van der Waals surface area (Å²) in [5.74, 6) is 2.37. The Kier molecular flexibility index (Phi) is 5.00. The first kappa shape index (κ1) is 21.4. The Balaban J connectivity index is 1.23. The van der Waals surface area contributed by atoms with Crippen molar-refractivity contribution in [2.75, 3.05) is 13.2 Å². The molecule has 1 aromatic rings. The molecule has 3 atom stereocenters. The number of halogens is 1. The fourth-order valence-electron chi connectivity index (χ4n) is 7.74. The maximum atomic E-state index is 15.2. The molecule has 4 saturated carbocycles. The van der Waals surface area contributed by atoms with E-state index in [4.69, 9.17) is 4.74 Å². The lowest BCUT2D eigenvalue weighted by atomic mass is 9.40. The van der Waals surface area contributed by atoms with Crippen LogP contribution >= 0.6 is 0 Å². The molecule has 5 nitrogen and oxygen atoms in total. The third kappa shape index (κ3) is 3.47. The van der Waals surface area contributed by atoms with E-state index in [1.807, 2.05) is 0 Å². The van der Waals surface area contributed by atoms with Gasteiger partial charge in [0.15, 0.2) is 0 Å². The topological polar surface area (TPSA) is 66.8 Å². The largest absolute Gasteiger partial charge is 0.493 e. The molecule has 0 aromatic heterocycles. The van der Waals surface area contributed by atoms with Crippen LogP contribution < -0.4 is 4.74 Å². The minimum absolute atomic E-state index is 0.0147. The highest BCUT2D eigenvalue weighted by atomic mass is 19.1. The summed E-state index contributed by atoms with van der Waals surface area (Å²) in [4.78, 5) is 26.0. The van der Waals surface area contributed by atoms with Crippen LogP contribution in [0.3, 0.4) is 0 Å². The molecule has 0 radical (unpaired) electrons. The highest BCUT2D eigenvalue weighted by Crippen LogP contribution is 2.67. The Morgan fingerprint density at radius 1 is 1.12 bits per heavy atom. The Morgan fingerprint density at radius 2 is 1.85 bits per heavy atom. The van der Waals surface area contributed by atoms with Crippen molar-refractivity contribution >= 4 is 11.9 Å². The number of nitrogens with zero attached hydrogens (tertiary/aromatic N) is 1. The molecule has 2 unspecified atom stereocenters. The quantitative estimate of drug-likeness (QED) is 0.638. The van der Waals surface area contributed by atoms with E-state index in [1.54, 1.807) is 6.07 Å². The molecule has 0 bridgehead atoms. The summed E-state index contributed by atoms with van der Waals surface area (Å²) in [5.41, 5.74) is 1.03. The van der Waals surface area contributed by atoms with Crippen molar-refractivity contribution in [1.29, 1.82) is 0 Å². The number of carboxylic acid groups (broad SMARTS) is 1. The molecule has 1 aromatic carbocycles. The standard InChI is InChI=1S/C27H34FNO4/c1-27(12-17-8-16-9-18(13-27)24(16)17)14-33-23-11-21(28)20(10-19(23)15-4-2-5-15)25(30)29-7-3-6-22(29)26(31)32/h10-11,15-18,22,24H,2-9,12-14H2,1H3,(H,31,32)/t16?,17?,18?,22-,24?,27?/m0/s1. The highest BCUT2D eigenvalue weighted by molar-refractivity contribution is 5.97. The highest BCUT2D eigenvalue weighted by Gasteiger charge is 2.59. The Hall–Kier alpha value is -2.11. The normalized spacial score (nSPS) is 36.9. The van der Waals surface area contributed by atoms with Gasteiger partial charge in [-0.1, -0.05) is 13.3 Å². The number of carbonyl (C=O) groups is 2. The minimum Gasteiger partial charge on any atom is -0.493 e. The monoisotopic (exact) mass is 455 g/mol. The van der Waals surface area contributed by atoms with Gasteiger partial charge in [-0.25, -0.2) is 9.18 Å². The molecule has 1 N–H and O–H groups in total. The summed E-state index contributed by atoms with van der Waals surface area (Å²) in [7, 11) is 0. The van der Waals surface area contributed by atoms with E-state index in [0.717, 1.165) is 48.5 Å². The van der Waals surface area contributed by atoms with Crippen LogP contribution in [0.25, 0.3) is 0 Å². The molecule has 178 valence electrons. The molecule has 5 aliphatic rings. The lowest BCUT2D eigenvalue weighted by Gasteiger charge is -2.65. The summed E-state index contributed by atoms with van der Waals surface area (Å²) >= 11 is 0. The van der Waals surface area contributed by atoms with E-state index in [1.165, 1.54) is 36.6 Å². The second-order valence-electron chi connectivity index (χ2n) is 11.8. The van der Waals surface area contributed by atoms with Crippen LogP contribution in [0.4, 0.5) is 4.39 Å². The second-order valence-corrected chi connectivity index (χ2v) is 11.8. The third-order valence-corrected chi connectivity index (χ3v) is 9.60. The van der Waals surface area contributed by atoms with Crippen LogP contribution in [0.1, 0.15) is 86.6 Å². The van der Waals surface area contributed by atoms with Gasteiger partial charge < -0.3 is 14.7 Å². The van der Waals surface area contributed by atoms with Crippen molar-refractivity contribution in [1.82, 2.24) is 4.90 Å². The molecule has 6 rings (SSSR count). The molecule has 4 aliphatic carbocycles. The number of hydrogen-bond acceptors (Lipinski definition) is 3. The Morgan fingerprint density at radius 3 is 2.45 bits per heavy atom. The van der Waals surface area contributed by atoms with Crippen molar-refractivity contribution in [3.63, 3.8) is 0 Å². The average Bonchev–Trinajstić information content (AvgIpc) is 3.19. The van der Waals surface area contributed by atoms with Crippen molar-refractivity contribution < 1.29 is 23.8 Å². The zero-order valence-corrected chi connectivity index (χ0v) is 19.4. The van der Waals surface area contributed by atoms with E-state index in [2.05, 4.69) is 6.92 Å². The number of likely N-dealkylation sites (tertiary alicyclic amines) is 1. The molecular weight excluding hydrogens is 421 g/mol. The van der Waals surface area contributed by atoms with E-state index >= 15 is 4.39 Å². The molecule has 1 heterocycles. The van der Waals surface area contributed by atoms with E-state index in [0.29, 0.717) is 31.7 Å². The van der Waals surface area contributed by atoms with Crippen molar-refractivity contribution in [2.45, 2.75) is 76.7 Å². The van der Waals surface area contributed by atoms with Crippen molar-refractivity contribution in [2.24, 2.45) is 29.1 Å². The van der Waals surface area contributed by atoms with E-state index in [9.17, 15) is 14.7 Å². The molecule has 1 aliphatic heterocycles. The molecule has 33 heavy (non-hydrogen) atoms. The lowest BCUT2D eigenvalue weighted by molar-refractivity contribution is -0.163. The van der Waals surface area contributed by atoms with Gasteiger partial charge in [0.2, 0.25) is 0 Å². The third-order valence-electron chi connectivity index (χ3n) is 9.60. The van der Waals surface area contributed by atoms with Gasteiger partial charge in [0.1, 0.15) is 17.6 Å². The van der Waals surface area contributed by atoms with Crippen LogP contribution in [0.5, 0.6) is 5.75 Å². The summed E-state index contributed by atoms with van der Waals surface area (Å²) in [6, 6.07) is 2.19. The van der Waals surface area contributed by atoms with Crippen LogP contribution in [0.2, 0.25) is 0 Å². The number of hydrogen-bond donors (Lipinski definition) is 1. The van der Waals surface area contributed by atoms with Crippen LogP contribution in [-0.2, 0) is 4.79 Å². The van der Waals surface area contributed by atoms with E-state index in [-0.39, 0.29) is 16.9 Å². The van der Waals surface area contributed by atoms with Gasteiger partial charge in [-0.15, -0.1) is 0 Å². The van der Waals surface area contributed by atoms with Crippen LogP contribution in [-0.4, -0.2) is 41.1 Å². The minimum atomic E-state index is -1.02. The molecule has 6 heteroatoms. The second kappa shape index (κ2) is 7.71. The molecular formula is C27H34FNO4. The smallest absolute Gasteiger partial charge is 0.326 e. The number of rotatable bonds is 6. The van der Waals surface area contributed by atoms with Gasteiger partial charge in [0.25, 0.3) is 5.91 Å². The number of aliphatic carboxylic acids is 1. The first-order valence-corrected chi connectivity index (χ1v) is 12.8. The SMILES string of the molecule is CC1(COc2cc(F)c(C(=O)N3CCC[C@H]3C(=O)O)cc2C2CCC2)CC2CC3CC(C1)C32. The van der Waals surface area contributed by atoms with Gasteiger partial charge in [-0.3, -0.25) is 4.79 Å². The maximum absolute atomic E-state index is 15.2. The average molecular weight is 456 g/mol. The van der Waals surface area contributed by atoms with Gasteiger partial charge in [0.05, 0.1) is 12.2 Å². The predicted octanol–water partition coefficient (Wildman–Crippen LogP) is 5.23. The number of amides is 1. The molecule has 1 saturated heterocycles. The van der Waals surface area contributed by atoms with Crippen molar-refractivity contribution in [3.05, 3.63) is 29.1 Å². The molecule has 5 fully saturated rings. The molecule has 0 spiro atoms. The first-order valence-electron chi connectivity index (χ1n) is 12.8. The number of carbonyl (C=O) groups excluding carboxylic acids is 1.